The van der Waals surface area contributed by atoms with Gasteiger partial charge in [-0.05, 0) is 32.2 Å². The van der Waals surface area contributed by atoms with Gasteiger partial charge < -0.3 is 25.0 Å². The number of hydrogen-bond acceptors (Lipinski definition) is 5. The Balaban J connectivity index is 1.54. The molecule has 0 saturated carbocycles. The quantitative estimate of drug-likeness (QED) is 0.861. The van der Waals surface area contributed by atoms with Gasteiger partial charge in [-0.15, -0.1) is 0 Å². The Labute approximate surface area is 143 Å². The Bertz CT molecular complexity index is 542. The van der Waals surface area contributed by atoms with E-state index < -0.39 is 0 Å². The smallest absolute Gasteiger partial charge is 0.239 e. The molecule has 1 aromatic rings. The number of methoxy groups -OCH3 is 2. The number of hydrogen-bond donors (Lipinski definition) is 2. The minimum Gasteiger partial charge on any atom is -0.497 e. The first kappa shape index (κ1) is 16.9. The van der Waals surface area contributed by atoms with Crippen LogP contribution in [0.5, 0.6) is 11.5 Å². The number of nitrogens with zero attached hydrogens (tertiary/aromatic N) is 1. The van der Waals surface area contributed by atoms with Crippen LogP contribution in [0.1, 0.15) is 25.7 Å². The van der Waals surface area contributed by atoms with Gasteiger partial charge in [-0.2, -0.15) is 0 Å². The van der Waals surface area contributed by atoms with Gasteiger partial charge in [0.05, 0.1) is 20.3 Å². The molecule has 3 rings (SSSR count). The van der Waals surface area contributed by atoms with Crippen LogP contribution in [-0.4, -0.2) is 56.7 Å². The maximum atomic E-state index is 12.4. The maximum Gasteiger partial charge on any atom is 0.239 e. The molecule has 0 aliphatic carbocycles. The lowest BCUT2D eigenvalue weighted by Gasteiger charge is -2.34. The number of anilines is 1. The Morgan fingerprint density at radius 3 is 2.33 bits per heavy atom. The van der Waals surface area contributed by atoms with Crippen LogP contribution in [0, 0.1) is 0 Å². The number of benzene rings is 1. The van der Waals surface area contributed by atoms with Crippen LogP contribution in [0.3, 0.4) is 0 Å². The van der Waals surface area contributed by atoms with Gasteiger partial charge in [0.1, 0.15) is 11.5 Å². The van der Waals surface area contributed by atoms with Gasteiger partial charge in [0.15, 0.2) is 0 Å². The third-order valence-corrected chi connectivity index (χ3v) is 4.89. The largest absolute Gasteiger partial charge is 0.497 e. The first-order valence-corrected chi connectivity index (χ1v) is 8.71. The number of amides is 1. The zero-order chi connectivity index (χ0) is 16.9. The molecule has 6 nitrogen and oxygen atoms in total. The second kappa shape index (κ2) is 7.75. The van der Waals surface area contributed by atoms with Gasteiger partial charge in [-0.1, -0.05) is 0 Å². The summed E-state index contributed by atoms with van der Waals surface area (Å²) in [7, 11) is 3.30. The van der Waals surface area contributed by atoms with Crippen molar-refractivity contribution < 1.29 is 14.3 Å². The van der Waals surface area contributed by atoms with Crippen LogP contribution in [0.4, 0.5) is 5.69 Å². The molecular formula is C18H27N3O3. The molecule has 0 bridgehead atoms. The van der Waals surface area contributed by atoms with Gasteiger partial charge in [-0.3, -0.25) is 4.79 Å². The number of piperidine rings is 1. The minimum absolute atomic E-state index is 0.0390. The van der Waals surface area contributed by atoms with E-state index in [1.54, 1.807) is 14.2 Å². The molecule has 2 heterocycles. The summed E-state index contributed by atoms with van der Waals surface area (Å²) in [5, 5.41) is 6.84. The lowest BCUT2D eigenvalue weighted by atomic mass is 10.0. The number of likely N-dealkylation sites (tertiary alicyclic amines) is 1. The maximum absolute atomic E-state index is 12.4. The molecule has 2 aliphatic rings. The van der Waals surface area contributed by atoms with Crippen LogP contribution >= 0.6 is 0 Å². The average Bonchev–Trinajstić information content (AvgIpc) is 3.16. The van der Waals surface area contributed by atoms with Crippen molar-refractivity contribution in [2.45, 2.75) is 37.8 Å². The van der Waals surface area contributed by atoms with Crippen LogP contribution in [0.25, 0.3) is 0 Å². The van der Waals surface area contributed by atoms with E-state index in [0.29, 0.717) is 6.04 Å². The molecule has 0 radical (unpaired) electrons. The molecule has 2 fully saturated rings. The highest BCUT2D eigenvalue weighted by atomic mass is 16.5. The van der Waals surface area contributed by atoms with Crippen molar-refractivity contribution in [3.05, 3.63) is 18.2 Å². The first-order valence-electron chi connectivity index (χ1n) is 8.71. The molecule has 2 saturated heterocycles. The standard InChI is InChI=1S/C18H27N3O3/c1-23-15-10-14(11-16(12-15)24-2)20-13-5-8-21(9-6-13)18(22)17-4-3-7-19-17/h10-13,17,19-20H,3-9H2,1-2H3/t17-/m0/s1. The topological polar surface area (TPSA) is 62.8 Å². The second-order valence-corrected chi connectivity index (χ2v) is 6.49. The van der Waals surface area contributed by atoms with E-state index in [4.69, 9.17) is 9.47 Å². The van der Waals surface area contributed by atoms with Crippen molar-refractivity contribution >= 4 is 11.6 Å². The van der Waals surface area contributed by atoms with Crippen molar-refractivity contribution in [1.29, 1.82) is 0 Å². The van der Waals surface area contributed by atoms with E-state index in [2.05, 4.69) is 10.6 Å². The Hall–Kier alpha value is -1.95. The summed E-state index contributed by atoms with van der Waals surface area (Å²) in [6, 6.07) is 6.21. The van der Waals surface area contributed by atoms with Crippen molar-refractivity contribution in [3.63, 3.8) is 0 Å². The number of ether oxygens (including phenoxy) is 2. The van der Waals surface area contributed by atoms with Crippen molar-refractivity contribution in [1.82, 2.24) is 10.2 Å². The zero-order valence-corrected chi connectivity index (χ0v) is 14.5. The number of rotatable bonds is 5. The number of carbonyl (C=O) groups is 1. The van der Waals surface area contributed by atoms with Crippen molar-refractivity contribution in [3.8, 4) is 11.5 Å². The lowest BCUT2D eigenvalue weighted by Crippen LogP contribution is -2.48. The monoisotopic (exact) mass is 333 g/mol. The van der Waals surface area contributed by atoms with E-state index in [-0.39, 0.29) is 11.9 Å². The Morgan fingerprint density at radius 2 is 1.79 bits per heavy atom. The predicted octanol–water partition coefficient (Wildman–Crippen LogP) is 1.86. The molecule has 2 N–H and O–H groups in total. The lowest BCUT2D eigenvalue weighted by molar-refractivity contribution is -0.134. The molecule has 0 unspecified atom stereocenters. The molecule has 0 spiro atoms. The molecule has 1 amide bonds. The summed E-state index contributed by atoms with van der Waals surface area (Å²) in [6.45, 7) is 2.59. The van der Waals surface area contributed by atoms with Gasteiger partial charge >= 0.3 is 0 Å². The molecular weight excluding hydrogens is 306 g/mol. The molecule has 1 atom stereocenters. The molecule has 1 aromatic carbocycles. The van der Waals surface area contributed by atoms with Crippen LogP contribution in [-0.2, 0) is 4.79 Å². The summed E-state index contributed by atoms with van der Waals surface area (Å²) in [5.41, 5.74) is 0.994. The van der Waals surface area contributed by atoms with E-state index in [9.17, 15) is 4.79 Å². The second-order valence-electron chi connectivity index (χ2n) is 6.49. The fourth-order valence-electron chi connectivity index (χ4n) is 3.49. The van der Waals surface area contributed by atoms with E-state index in [0.717, 1.165) is 62.5 Å². The highest BCUT2D eigenvalue weighted by Crippen LogP contribution is 2.27. The number of nitrogens with one attached hydrogen (secondary N) is 2. The highest BCUT2D eigenvalue weighted by Gasteiger charge is 2.29. The van der Waals surface area contributed by atoms with Crippen molar-refractivity contribution in [2.24, 2.45) is 0 Å². The Kier molecular flexibility index (Phi) is 5.45. The molecule has 24 heavy (non-hydrogen) atoms. The molecule has 132 valence electrons. The fraction of sp³-hybridized carbons (Fsp3) is 0.611. The van der Waals surface area contributed by atoms with E-state index in [1.807, 2.05) is 23.1 Å². The zero-order valence-electron chi connectivity index (χ0n) is 14.5. The van der Waals surface area contributed by atoms with Gasteiger partial charge in [-0.25, -0.2) is 0 Å². The van der Waals surface area contributed by atoms with Crippen LogP contribution in [0.15, 0.2) is 18.2 Å². The summed E-state index contributed by atoms with van der Waals surface area (Å²) in [4.78, 5) is 14.4. The van der Waals surface area contributed by atoms with E-state index >= 15 is 0 Å². The minimum atomic E-state index is 0.0390. The molecule has 0 aromatic heterocycles. The van der Waals surface area contributed by atoms with Gasteiger partial charge in [0.25, 0.3) is 0 Å². The third-order valence-electron chi connectivity index (χ3n) is 4.89. The van der Waals surface area contributed by atoms with Crippen LogP contribution < -0.4 is 20.1 Å². The summed E-state index contributed by atoms with van der Waals surface area (Å²) in [5.74, 6) is 1.82. The normalized spacial score (nSPS) is 21.6. The first-order chi connectivity index (χ1) is 11.7. The van der Waals surface area contributed by atoms with E-state index in [1.165, 1.54) is 0 Å². The average molecular weight is 333 g/mol. The van der Waals surface area contributed by atoms with Crippen LogP contribution in [0.2, 0.25) is 0 Å². The SMILES string of the molecule is COc1cc(NC2CCN(C(=O)[C@@H]3CCCN3)CC2)cc(OC)c1. The predicted molar refractivity (Wildman–Crippen MR) is 93.8 cm³/mol. The molecule has 2 aliphatic heterocycles. The molecule has 6 heteroatoms. The van der Waals surface area contributed by atoms with Gasteiger partial charge in [0.2, 0.25) is 5.91 Å². The van der Waals surface area contributed by atoms with Gasteiger partial charge in [0, 0.05) is 43.0 Å². The fourth-order valence-corrected chi connectivity index (χ4v) is 3.49. The summed E-state index contributed by atoms with van der Waals surface area (Å²) >= 11 is 0. The Morgan fingerprint density at radius 1 is 1.12 bits per heavy atom. The summed E-state index contributed by atoms with van der Waals surface area (Å²) < 4.78 is 10.6. The summed E-state index contributed by atoms with van der Waals surface area (Å²) in [6.07, 6.45) is 3.99. The number of carbonyl (C=O) groups excluding carboxylic acids is 1. The highest BCUT2D eigenvalue weighted by molar-refractivity contribution is 5.82. The third kappa shape index (κ3) is 3.93. The van der Waals surface area contributed by atoms with Crippen molar-refractivity contribution in [2.75, 3.05) is 39.2 Å².